The molecular formula is C10H10Cl2F3NO. The van der Waals surface area contributed by atoms with E-state index < -0.39 is 18.8 Å². The summed E-state index contributed by atoms with van der Waals surface area (Å²) < 4.78 is 40.0. The fraction of sp³-hybridized carbons (Fsp3) is 0.400. The first-order chi connectivity index (χ1) is 7.81. The Bertz CT molecular complexity index is 384. The number of benzene rings is 1. The second-order valence-corrected chi connectivity index (χ2v) is 4.17. The van der Waals surface area contributed by atoms with Crippen LogP contribution in [-0.2, 0) is 4.74 Å². The average molecular weight is 288 g/mol. The van der Waals surface area contributed by atoms with Crippen molar-refractivity contribution in [2.45, 2.75) is 12.2 Å². The number of rotatable bonds is 4. The zero-order valence-electron chi connectivity index (χ0n) is 8.60. The maximum Gasteiger partial charge on any atom is 0.411 e. The van der Waals surface area contributed by atoms with Crippen LogP contribution in [-0.4, -0.2) is 19.4 Å². The van der Waals surface area contributed by atoms with Gasteiger partial charge in [0, 0.05) is 0 Å². The van der Waals surface area contributed by atoms with Crippen LogP contribution in [0.2, 0.25) is 10.0 Å². The summed E-state index contributed by atoms with van der Waals surface area (Å²) >= 11 is 11.6. The molecule has 1 unspecified atom stereocenters. The molecule has 0 amide bonds. The van der Waals surface area contributed by atoms with Gasteiger partial charge in [-0.1, -0.05) is 35.3 Å². The van der Waals surface area contributed by atoms with Gasteiger partial charge in [-0.25, -0.2) is 0 Å². The summed E-state index contributed by atoms with van der Waals surface area (Å²) in [6.45, 7) is -1.61. The van der Waals surface area contributed by atoms with Gasteiger partial charge in [0.25, 0.3) is 0 Å². The van der Waals surface area contributed by atoms with E-state index in [0.717, 1.165) is 0 Å². The molecule has 1 aromatic carbocycles. The Morgan fingerprint density at radius 2 is 1.94 bits per heavy atom. The van der Waals surface area contributed by atoms with E-state index in [9.17, 15) is 13.2 Å². The van der Waals surface area contributed by atoms with Crippen molar-refractivity contribution < 1.29 is 17.9 Å². The Morgan fingerprint density at radius 1 is 1.29 bits per heavy atom. The summed E-state index contributed by atoms with van der Waals surface area (Å²) in [4.78, 5) is 0. The molecule has 0 aliphatic rings. The topological polar surface area (TPSA) is 35.2 Å². The molecule has 2 nitrogen and oxygen atoms in total. The zero-order valence-corrected chi connectivity index (χ0v) is 10.1. The molecule has 0 radical (unpaired) electrons. The third kappa shape index (κ3) is 4.71. The Balaban J connectivity index is 2.58. The smallest absolute Gasteiger partial charge is 0.370 e. The predicted molar refractivity (Wildman–Crippen MR) is 60.3 cm³/mol. The van der Waals surface area contributed by atoms with Crippen LogP contribution in [0, 0.1) is 0 Å². The van der Waals surface area contributed by atoms with Crippen molar-refractivity contribution in [2.24, 2.45) is 5.73 Å². The fourth-order valence-electron chi connectivity index (χ4n) is 1.20. The molecule has 0 bridgehead atoms. The Hall–Kier alpha value is -0.490. The quantitative estimate of drug-likeness (QED) is 0.919. The van der Waals surface area contributed by atoms with Gasteiger partial charge in [-0.3, -0.25) is 0 Å². The van der Waals surface area contributed by atoms with Gasteiger partial charge in [-0.05, 0) is 11.6 Å². The van der Waals surface area contributed by atoms with E-state index in [2.05, 4.69) is 4.74 Å². The first-order valence-corrected chi connectivity index (χ1v) is 5.41. The van der Waals surface area contributed by atoms with Crippen LogP contribution in [0.3, 0.4) is 0 Å². The van der Waals surface area contributed by atoms with E-state index in [1.807, 2.05) is 0 Å². The molecule has 1 aromatic rings. The lowest BCUT2D eigenvalue weighted by atomic mass is 10.1. The summed E-state index contributed by atoms with van der Waals surface area (Å²) in [5.74, 6) is 0. The maximum atomic E-state index is 11.8. The van der Waals surface area contributed by atoms with Gasteiger partial charge in [0.2, 0.25) is 0 Å². The lowest BCUT2D eigenvalue weighted by Crippen LogP contribution is -2.23. The van der Waals surface area contributed by atoms with Gasteiger partial charge >= 0.3 is 6.18 Å². The fourth-order valence-corrected chi connectivity index (χ4v) is 1.65. The molecule has 1 atom stereocenters. The number of halogens is 5. The largest absolute Gasteiger partial charge is 0.411 e. The number of hydrogen-bond donors (Lipinski definition) is 1. The van der Waals surface area contributed by atoms with Gasteiger partial charge in [0.05, 0.1) is 22.7 Å². The van der Waals surface area contributed by atoms with Crippen LogP contribution in [0.4, 0.5) is 13.2 Å². The predicted octanol–water partition coefficient (Wildman–Crippen LogP) is 3.57. The Kier molecular flexibility index (Phi) is 5.06. The molecule has 1 rings (SSSR count). The molecule has 0 heterocycles. The molecular weight excluding hydrogens is 278 g/mol. The van der Waals surface area contributed by atoms with E-state index in [-0.39, 0.29) is 11.6 Å². The van der Waals surface area contributed by atoms with Crippen molar-refractivity contribution in [1.29, 1.82) is 0 Å². The van der Waals surface area contributed by atoms with Crippen LogP contribution in [0.1, 0.15) is 11.6 Å². The van der Waals surface area contributed by atoms with E-state index in [1.165, 1.54) is 0 Å². The van der Waals surface area contributed by atoms with Crippen molar-refractivity contribution in [2.75, 3.05) is 13.2 Å². The highest BCUT2D eigenvalue weighted by Gasteiger charge is 2.28. The Labute approximate surface area is 106 Å². The van der Waals surface area contributed by atoms with Crippen molar-refractivity contribution in [3.63, 3.8) is 0 Å². The molecule has 0 saturated carbocycles. The summed E-state index contributed by atoms with van der Waals surface area (Å²) in [6.07, 6.45) is -4.36. The summed E-state index contributed by atoms with van der Waals surface area (Å²) in [6, 6.07) is 4.03. The number of alkyl halides is 3. The zero-order chi connectivity index (χ0) is 13.1. The second kappa shape index (κ2) is 5.91. The van der Waals surface area contributed by atoms with E-state index in [4.69, 9.17) is 28.9 Å². The van der Waals surface area contributed by atoms with E-state index in [1.54, 1.807) is 18.2 Å². The highest BCUT2D eigenvalue weighted by molar-refractivity contribution is 6.42. The highest BCUT2D eigenvalue weighted by atomic mass is 35.5. The summed E-state index contributed by atoms with van der Waals surface area (Å²) in [5.41, 5.74) is 6.12. The molecule has 0 aromatic heterocycles. The van der Waals surface area contributed by atoms with Crippen molar-refractivity contribution >= 4 is 23.2 Å². The molecule has 2 N–H and O–H groups in total. The van der Waals surface area contributed by atoms with Crippen LogP contribution in [0.5, 0.6) is 0 Å². The van der Waals surface area contributed by atoms with Crippen molar-refractivity contribution in [1.82, 2.24) is 0 Å². The first kappa shape index (κ1) is 14.6. The lowest BCUT2D eigenvalue weighted by Gasteiger charge is -2.15. The van der Waals surface area contributed by atoms with Crippen LogP contribution in [0.25, 0.3) is 0 Å². The van der Waals surface area contributed by atoms with Crippen LogP contribution < -0.4 is 5.73 Å². The SMILES string of the molecule is NC(COCC(F)(F)F)c1cccc(Cl)c1Cl. The minimum Gasteiger partial charge on any atom is -0.370 e. The normalized spacial score (nSPS) is 13.8. The van der Waals surface area contributed by atoms with Gasteiger partial charge in [0.15, 0.2) is 0 Å². The molecule has 0 spiro atoms. The molecule has 0 fully saturated rings. The van der Waals surface area contributed by atoms with Gasteiger partial charge in [-0.2, -0.15) is 13.2 Å². The minimum atomic E-state index is -4.36. The molecule has 17 heavy (non-hydrogen) atoms. The molecule has 7 heteroatoms. The number of nitrogens with two attached hydrogens (primary N) is 1. The maximum absolute atomic E-state index is 11.8. The lowest BCUT2D eigenvalue weighted by molar-refractivity contribution is -0.174. The van der Waals surface area contributed by atoms with Crippen LogP contribution >= 0.6 is 23.2 Å². The van der Waals surface area contributed by atoms with Gasteiger partial charge in [0.1, 0.15) is 6.61 Å². The number of hydrogen-bond acceptors (Lipinski definition) is 2. The molecule has 0 saturated heterocycles. The third-order valence-electron chi connectivity index (χ3n) is 1.94. The van der Waals surface area contributed by atoms with E-state index >= 15 is 0 Å². The van der Waals surface area contributed by atoms with E-state index in [0.29, 0.717) is 10.6 Å². The number of ether oxygens (including phenoxy) is 1. The molecule has 0 aliphatic carbocycles. The van der Waals surface area contributed by atoms with Gasteiger partial charge in [-0.15, -0.1) is 0 Å². The van der Waals surface area contributed by atoms with Crippen molar-refractivity contribution in [3.05, 3.63) is 33.8 Å². The van der Waals surface area contributed by atoms with Crippen molar-refractivity contribution in [3.8, 4) is 0 Å². The average Bonchev–Trinajstić information content (AvgIpc) is 2.20. The second-order valence-electron chi connectivity index (χ2n) is 3.38. The molecule has 96 valence electrons. The van der Waals surface area contributed by atoms with Crippen LogP contribution in [0.15, 0.2) is 18.2 Å². The molecule has 0 aliphatic heterocycles. The standard InChI is InChI=1S/C10H10Cl2F3NO/c11-7-3-1-2-6(9(7)12)8(16)4-17-5-10(13,14)15/h1-3,8H,4-5,16H2. The summed E-state index contributed by atoms with van der Waals surface area (Å²) in [7, 11) is 0. The minimum absolute atomic E-state index is 0.234. The highest BCUT2D eigenvalue weighted by Crippen LogP contribution is 2.29. The first-order valence-electron chi connectivity index (χ1n) is 4.65. The summed E-state index contributed by atoms with van der Waals surface area (Å²) in [5, 5.41) is 0.535. The van der Waals surface area contributed by atoms with Gasteiger partial charge < -0.3 is 10.5 Å². The Morgan fingerprint density at radius 3 is 2.53 bits per heavy atom. The monoisotopic (exact) mass is 287 g/mol. The third-order valence-corrected chi connectivity index (χ3v) is 2.78.